The average Bonchev–Trinajstić information content (AvgIpc) is 2.15. The first-order valence-corrected chi connectivity index (χ1v) is 5.35. The van der Waals surface area contributed by atoms with Crippen LogP contribution in [0, 0.1) is 5.92 Å². The number of rotatable bonds is 8. The van der Waals surface area contributed by atoms with Gasteiger partial charge in [0.05, 0.1) is 0 Å². The molecule has 0 fully saturated rings. The molecular weight excluding hydrogens is 194 g/mol. The summed E-state index contributed by atoms with van der Waals surface area (Å²) >= 11 is 0. The van der Waals surface area contributed by atoms with Gasteiger partial charge in [0.2, 0.25) is 0 Å². The summed E-state index contributed by atoms with van der Waals surface area (Å²) in [5.41, 5.74) is 8.16. The van der Waals surface area contributed by atoms with Crippen molar-refractivity contribution in [3.8, 4) is 0 Å². The maximum atomic E-state index is 10.6. The van der Waals surface area contributed by atoms with Gasteiger partial charge in [-0.05, 0) is 17.9 Å². The number of carboxylic acids is 1. The Morgan fingerprint density at radius 1 is 1.33 bits per heavy atom. The van der Waals surface area contributed by atoms with E-state index in [0.717, 1.165) is 19.3 Å². The highest BCUT2D eigenvalue weighted by atomic mass is 16.4. The van der Waals surface area contributed by atoms with Crippen molar-refractivity contribution in [1.29, 1.82) is 0 Å². The minimum Gasteiger partial charge on any atom is -0.481 e. The van der Waals surface area contributed by atoms with E-state index in [0.29, 0.717) is 12.3 Å². The van der Waals surface area contributed by atoms with Gasteiger partial charge in [0.15, 0.2) is 0 Å². The molecule has 0 saturated heterocycles. The standard InChI is InChI=1S/C10H19N3O2/c1-8(2)6-4-3-5-7-9(10(14)15)12-13-11/h8-9H,3-7H2,1-2H3,(H,14,15). The zero-order chi connectivity index (χ0) is 11.7. The molecule has 0 heterocycles. The van der Waals surface area contributed by atoms with Gasteiger partial charge in [0, 0.05) is 4.91 Å². The highest BCUT2D eigenvalue weighted by Crippen LogP contribution is 2.12. The van der Waals surface area contributed by atoms with E-state index < -0.39 is 12.0 Å². The van der Waals surface area contributed by atoms with Crippen LogP contribution in [0.4, 0.5) is 0 Å². The van der Waals surface area contributed by atoms with Crippen LogP contribution in [-0.2, 0) is 4.79 Å². The predicted molar refractivity (Wildman–Crippen MR) is 58.5 cm³/mol. The van der Waals surface area contributed by atoms with Crippen molar-refractivity contribution in [1.82, 2.24) is 0 Å². The van der Waals surface area contributed by atoms with Crippen LogP contribution in [0.25, 0.3) is 10.4 Å². The fourth-order valence-corrected chi connectivity index (χ4v) is 1.36. The van der Waals surface area contributed by atoms with Crippen molar-refractivity contribution in [3.05, 3.63) is 10.4 Å². The average molecular weight is 213 g/mol. The van der Waals surface area contributed by atoms with Gasteiger partial charge in [-0.25, -0.2) is 0 Å². The van der Waals surface area contributed by atoms with Gasteiger partial charge in [-0.15, -0.1) is 0 Å². The second-order valence-electron chi connectivity index (χ2n) is 4.09. The number of nitrogens with zero attached hydrogens (tertiary/aromatic N) is 3. The van der Waals surface area contributed by atoms with Crippen LogP contribution in [0.3, 0.4) is 0 Å². The van der Waals surface area contributed by atoms with Crippen LogP contribution >= 0.6 is 0 Å². The van der Waals surface area contributed by atoms with Crippen LogP contribution in [0.5, 0.6) is 0 Å². The first kappa shape index (κ1) is 13.8. The molecule has 1 atom stereocenters. The normalized spacial score (nSPS) is 12.2. The number of carbonyl (C=O) groups is 1. The van der Waals surface area contributed by atoms with E-state index in [-0.39, 0.29) is 0 Å². The second kappa shape index (κ2) is 8.12. The van der Waals surface area contributed by atoms with Gasteiger partial charge in [0.25, 0.3) is 0 Å². The fraction of sp³-hybridized carbons (Fsp3) is 0.900. The zero-order valence-corrected chi connectivity index (χ0v) is 9.39. The molecule has 0 spiro atoms. The van der Waals surface area contributed by atoms with Crippen molar-refractivity contribution >= 4 is 5.97 Å². The summed E-state index contributed by atoms with van der Waals surface area (Å²) in [6.45, 7) is 4.33. The molecule has 1 unspecified atom stereocenters. The summed E-state index contributed by atoms with van der Waals surface area (Å²) in [6, 6.07) is -0.894. The summed E-state index contributed by atoms with van der Waals surface area (Å²) in [5.74, 6) is -0.339. The highest BCUT2D eigenvalue weighted by Gasteiger charge is 2.14. The molecule has 86 valence electrons. The van der Waals surface area contributed by atoms with Crippen LogP contribution in [-0.4, -0.2) is 17.1 Å². The molecule has 5 heteroatoms. The van der Waals surface area contributed by atoms with E-state index in [1.54, 1.807) is 0 Å². The molecule has 0 rings (SSSR count). The van der Waals surface area contributed by atoms with E-state index in [1.165, 1.54) is 6.42 Å². The molecule has 0 aromatic heterocycles. The zero-order valence-electron chi connectivity index (χ0n) is 9.39. The molecule has 5 nitrogen and oxygen atoms in total. The molecule has 0 aliphatic rings. The van der Waals surface area contributed by atoms with Crippen molar-refractivity contribution in [2.45, 2.75) is 52.0 Å². The van der Waals surface area contributed by atoms with Crippen molar-refractivity contribution in [2.75, 3.05) is 0 Å². The first-order chi connectivity index (χ1) is 7.07. The largest absolute Gasteiger partial charge is 0.481 e. The molecule has 0 aliphatic heterocycles. The SMILES string of the molecule is CC(C)CCCCCC(N=[N+]=[N-])C(=O)O. The summed E-state index contributed by atoms with van der Waals surface area (Å²) in [6.07, 6.45) is 4.53. The van der Waals surface area contributed by atoms with Crippen molar-refractivity contribution in [2.24, 2.45) is 11.0 Å². The van der Waals surface area contributed by atoms with E-state index in [1.807, 2.05) is 0 Å². The maximum Gasteiger partial charge on any atom is 0.312 e. The molecule has 1 N–H and O–H groups in total. The Bertz CT molecular complexity index is 233. The number of carboxylic acid groups (broad SMARTS) is 1. The Morgan fingerprint density at radius 2 is 1.93 bits per heavy atom. The van der Waals surface area contributed by atoms with Crippen LogP contribution in [0.1, 0.15) is 46.0 Å². The molecule has 0 saturated carbocycles. The lowest BCUT2D eigenvalue weighted by molar-refractivity contribution is -0.138. The van der Waals surface area contributed by atoms with E-state index in [2.05, 4.69) is 23.9 Å². The van der Waals surface area contributed by atoms with E-state index in [4.69, 9.17) is 10.6 Å². The number of azide groups is 1. The lowest BCUT2D eigenvalue weighted by Gasteiger charge is -2.06. The van der Waals surface area contributed by atoms with Gasteiger partial charge in [-0.3, -0.25) is 4.79 Å². The molecule has 0 aromatic carbocycles. The number of unbranched alkanes of at least 4 members (excludes halogenated alkanes) is 2. The van der Waals surface area contributed by atoms with Crippen LogP contribution < -0.4 is 0 Å². The molecular formula is C10H19N3O2. The highest BCUT2D eigenvalue weighted by molar-refractivity contribution is 5.73. The van der Waals surface area contributed by atoms with E-state index >= 15 is 0 Å². The predicted octanol–water partition coefficient (Wildman–Crippen LogP) is 3.36. The Kier molecular flexibility index (Phi) is 7.46. The van der Waals surface area contributed by atoms with Crippen LogP contribution in [0.2, 0.25) is 0 Å². The van der Waals surface area contributed by atoms with Gasteiger partial charge >= 0.3 is 5.97 Å². The Labute approximate surface area is 90.1 Å². The van der Waals surface area contributed by atoms with Gasteiger partial charge in [-0.1, -0.05) is 44.6 Å². The van der Waals surface area contributed by atoms with Crippen molar-refractivity contribution in [3.63, 3.8) is 0 Å². The smallest absolute Gasteiger partial charge is 0.312 e. The lowest BCUT2D eigenvalue weighted by Crippen LogP contribution is -2.16. The third-order valence-electron chi connectivity index (χ3n) is 2.24. The Balaban J connectivity index is 3.63. The number of hydrogen-bond acceptors (Lipinski definition) is 2. The monoisotopic (exact) mass is 213 g/mol. The summed E-state index contributed by atoms with van der Waals surface area (Å²) in [7, 11) is 0. The third-order valence-corrected chi connectivity index (χ3v) is 2.24. The minimum atomic E-state index is -1.03. The molecule has 0 amide bonds. The number of aliphatic carboxylic acids is 1. The Hall–Kier alpha value is -1.22. The first-order valence-electron chi connectivity index (χ1n) is 5.35. The topological polar surface area (TPSA) is 86.1 Å². The van der Waals surface area contributed by atoms with Crippen LogP contribution in [0.15, 0.2) is 5.11 Å². The van der Waals surface area contributed by atoms with Crippen molar-refractivity contribution < 1.29 is 9.90 Å². The minimum absolute atomic E-state index is 0.442. The van der Waals surface area contributed by atoms with Gasteiger partial charge < -0.3 is 5.11 Å². The quantitative estimate of drug-likeness (QED) is 0.290. The third kappa shape index (κ3) is 7.82. The fourth-order valence-electron chi connectivity index (χ4n) is 1.36. The molecule has 0 radical (unpaired) electrons. The second-order valence-corrected chi connectivity index (χ2v) is 4.09. The molecule has 0 aromatic rings. The summed E-state index contributed by atoms with van der Waals surface area (Å²) < 4.78 is 0. The molecule has 15 heavy (non-hydrogen) atoms. The molecule has 0 aliphatic carbocycles. The lowest BCUT2D eigenvalue weighted by atomic mass is 10.0. The van der Waals surface area contributed by atoms with Gasteiger partial charge in [0.1, 0.15) is 6.04 Å². The van der Waals surface area contributed by atoms with E-state index in [9.17, 15) is 4.79 Å². The summed E-state index contributed by atoms with van der Waals surface area (Å²) in [5, 5.41) is 11.9. The maximum absolute atomic E-state index is 10.6. The Morgan fingerprint density at radius 3 is 2.40 bits per heavy atom. The number of hydrogen-bond donors (Lipinski definition) is 1. The summed E-state index contributed by atoms with van der Waals surface area (Å²) in [4.78, 5) is 13.1. The molecule has 0 bridgehead atoms. The van der Waals surface area contributed by atoms with Gasteiger partial charge in [-0.2, -0.15) is 0 Å².